The van der Waals surface area contributed by atoms with Crippen LogP contribution in [0, 0.1) is 6.92 Å². The van der Waals surface area contributed by atoms with E-state index < -0.39 is 18.1 Å². The molecule has 9 nitrogen and oxygen atoms in total. The van der Waals surface area contributed by atoms with Crippen LogP contribution in [-0.2, 0) is 14.3 Å². The van der Waals surface area contributed by atoms with Gasteiger partial charge >= 0.3 is 18.1 Å². The molecule has 0 bridgehead atoms. The second-order valence-corrected chi connectivity index (χ2v) is 8.30. The first kappa shape index (κ1) is 29.5. The van der Waals surface area contributed by atoms with Crippen LogP contribution >= 0.6 is 0 Å². The molecule has 9 heteroatoms. The molecule has 0 saturated carbocycles. The average molecular weight is 547 g/mol. The van der Waals surface area contributed by atoms with E-state index in [-0.39, 0.29) is 31.3 Å². The Hall–Kier alpha value is -5.05. The van der Waals surface area contributed by atoms with Crippen LogP contribution in [0.1, 0.15) is 34.3 Å². The van der Waals surface area contributed by atoms with Gasteiger partial charge in [0.05, 0.1) is 18.8 Å². The van der Waals surface area contributed by atoms with Crippen molar-refractivity contribution in [1.82, 2.24) is 0 Å². The normalized spacial score (nSPS) is 10.1. The van der Waals surface area contributed by atoms with E-state index in [0.717, 1.165) is 17.2 Å². The largest absolute Gasteiger partial charge is 0.513 e. The van der Waals surface area contributed by atoms with E-state index in [9.17, 15) is 14.4 Å². The summed E-state index contributed by atoms with van der Waals surface area (Å²) in [6.45, 7) is 9.18. The number of benzene rings is 3. The van der Waals surface area contributed by atoms with E-state index in [4.69, 9.17) is 28.4 Å². The van der Waals surface area contributed by atoms with Crippen molar-refractivity contribution in [3.05, 3.63) is 103 Å². The van der Waals surface area contributed by atoms with Gasteiger partial charge < -0.3 is 28.4 Å². The van der Waals surface area contributed by atoms with Crippen molar-refractivity contribution in [3.63, 3.8) is 0 Å². The molecule has 0 amide bonds. The van der Waals surface area contributed by atoms with Gasteiger partial charge in [0.25, 0.3) is 0 Å². The zero-order valence-corrected chi connectivity index (χ0v) is 22.1. The van der Waals surface area contributed by atoms with Crippen LogP contribution in [0.3, 0.4) is 0 Å². The lowest BCUT2D eigenvalue weighted by atomic mass is 10.2. The molecule has 0 aliphatic heterocycles. The Morgan fingerprint density at radius 3 is 2.05 bits per heavy atom. The molecular weight excluding hydrogens is 516 g/mol. The zero-order valence-electron chi connectivity index (χ0n) is 22.1. The minimum absolute atomic E-state index is 0.0165. The minimum atomic E-state index is -0.882. The van der Waals surface area contributed by atoms with Gasteiger partial charge in [-0.15, -0.1) is 0 Å². The molecule has 3 aromatic carbocycles. The highest BCUT2D eigenvalue weighted by atomic mass is 16.7. The van der Waals surface area contributed by atoms with Gasteiger partial charge in [-0.25, -0.2) is 14.4 Å². The lowest BCUT2D eigenvalue weighted by Crippen LogP contribution is -2.13. The van der Waals surface area contributed by atoms with Crippen molar-refractivity contribution >= 4 is 24.2 Å². The maximum Gasteiger partial charge on any atom is 0.513 e. The van der Waals surface area contributed by atoms with Gasteiger partial charge in [-0.3, -0.25) is 0 Å². The van der Waals surface area contributed by atoms with Gasteiger partial charge in [0, 0.05) is 6.08 Å². The number of esters is 2. The molecule has 208 valence electrons. The second kappa shape index (κ2) is 15.4. The molecule has 0 spiro atoms. The summed E-state index contributed by atoms with van der Waals surface area (Å²) in [6.07, 6.45) is 2.97. The molecule has 0 aliphatic rings. The molecule has 0 unspecified atom stereocenters. The predicted octanol–water partition coefficient (Wildman–Crippen LogP) is 6.30. The summed E-state index contributed by atoms with van der Waals surface area (Å²) in [4.78, 5) is 35.3. The summed E-state index contributed by atoms with van der Waals surface area (Å²) in [5, 5.41) is 0. The first-order valence-corrected chi connectivity index (χ1v) is 12.4. The Bertz CT molecular complexity index is 1310. The molecule has 0 atom stereocenters. The van der Waals surface area contributed by atoms with E-state index in [1.807, 2.05) is 31.2 Å². The molecule has 0 fully saturated rings. The Labute approximate surface area is 232 Å². The number of unbranched alkanes of at least 4 members (excludes halogenated alkanes) is 1. The van der Waals surface area contributed by atoms with Crippen LogP contribution in [0.25, 0.3) is 6.08 Å². The molecule has 40 heavy (non-hydrogen) atoms. The lowest BCUT2D eigenvalue weighted by molar-refractivity contribution is -0.137. The van der Waals surface area contributed by atoms with Gasteiger partial charge in [0.15, 0.2) is 0 Å². The van der Waals surface area contributed by atoms with Crippen molar-refractivity contribution in [1.29, 1.82) is 0 Å². The van der Waals surface area contributed by atoms with E-state index in [1.165, 1.54) is 24.3 Å². The van der Waals surface area contributed by atoms with Crippen LogP contribution in [0.5, 0.6) is 23.0 Å². The quantitative estimate of drug-likeness (QED) is 0.0575. The topological polar surface area (TPSA) is 107 Å². The minimum Gasteiger partial charge on any atom is -0.463 e. The number of aryl methyl sites for hydroxylation is 1. The fraction of sp³-hybridized carbons (Fsp3) is 0.194. The van der Waals surface area contributed by atoms with Crippen molar-refractivity contribution < 1.29 is 42.8 Å². The summed E-state index contributed by atoms with van der Waals surface area (Å²) in [5.74, 6) is 0.733. The van der Waals surface area contributed by atoms with Crippen LogP contribution in [-0.4, -0.2) is 38.1 Å². The first-order valence-electron chi connectivity index (χ1n) is 12.4. The maximum atomic E-state index is 12.6. The molecule has 0 heterocycles. The van der Waals surface area contributed by atoms with E-state index in [0.29, 0.717) is 30.1 Å². The summed E-state index contributed by atoms with van der Waals surface area (Å²) in [6, 6.07) is 18.3. The molecule has 3 rings (SSSR count). The monoisotopic (exact) mass is 546 g/mol. The van der Waals surface area contributed by atoms with E-state index >= 15 is 0 Å². The molecule has 0 aromatic heterocycles. The third-order valence-electron chi connectivity index (χ3n) is 5.37. The van der Waals surface area contributed by atoms with Gasteiger partial charge in [0.1, 0.15) is 23.0 Å². The van der Waals surface area contributed by atoms with Gasteiger partial charge in [-0.1, -0.05) is 31.4 Å². The molecule has 0 N–H and O–H groups in total. The molecule has 0 saturated heterocycles. The maximum absolute atomic E-state index is 12.6. The van der Waals surface area contributed by atoms with Crippen LogP contribution < -0.4 is 18.9 Å². The molecule has 3 aromatic rings. The van der Waals surface area contributed by atoms with Crippen molar-refractivity contribution in [2.75, 3.05) is 20.0 Å². The number of hydrogen-bond acceptors (Lipinski definition) is 9. The third kappa shape index (κ3) is 9.68. The van der Waals surface area contributed by atoms with Crippen LogP contribution in [0.4, 0.5) is 4.79 Å². The first-order chi connectivity index (χ1) is 19.4. The standard InChI is InChI=1S/C31H30O9/c1-4-23-8-12-25(13-9-23)37-21-38-28-17-16-27(20-22(28)3)39-30(33)24-10-14-26(15-11-24)40-31(34)36-19-7-6-18-35-29(32)5-2/h4-5,8-17,20H,1-2,6-7,18-19,21H2,3H3. The SMILES string of the molecule is C=CC(=O)OCCCCOC(=O)Oc1ccc(C(=O)Oc2ccc(OCOc3ccc(C=C)cc3)c(C)c2)cc1. The van der Waals surface area contributed by atoms with Crippen molar-refractivity contribution in [2.24, 2.45) is 0 Å². The van der Waals surface area contributed by atoms with Crippen LogP contribution in [0.15, 0.2) is 86.0 Å². The van der Waals surface area contributed by atoms with Gasteiger partial charge in [0.2, 0.25) is 6.79 Å². The van der Waals surface area contributed by atoms with Crippen LogP contribution in [0.2, 0.25) is 0 Å². The Balaban J connectivity index is 1.40. The summed E-state index contributed by atoms with van der Waals surface area (Å²) < 4.78 is 31.6. The zero-order chi connectivity index (χ0) is 28.7. The van der Waals surface area contributed by atoms with Crippen molar-refractivity contribution in [2.45, 2.75) is 19.8 Å². The highest BCUT2D eigenvalue weighted by molar-refractivity contribution is 5.91. The highest BCUT2D eigenvalue weighted by Gasteiger charge is 2.12. The Kier molecular flexibility index (Phi) is 11.3. The smallest absolute Gasteiger partial charge is 0.463 e. The summed E-state index contributed by atoms with van der Waals surface area (Å²) in [5.41, 5.74) is 2.02. The second-order valence-electron chi connectivity index (χ2n) is 8.30. The highest BCUT2D eigenvalue weighted by Crippen LogP contribution is 2.25. The number of carbonyl (C=O) groups excluding carboxylic acids is 3. The number of ether oxygens (including phenoxy) is 6. The fourth-order valence-corrected chi connectivity index (χ4v) is 3.25. The number of rotatable bonds is 14. The number of hydrogen-bond donors (Lipinski definition) is 0. The molecule has 0 aliphatic carbocycles. The van der Waals surface area contributed by atoms with Gasteiger partial charge in [-0.05, 0) is 85.5 Å². The average Bonchev–Trinajstić information content (AvgIpc) is 2.96. The fourth-order valence-electron chi connectivity index (χ4n) is 3.25. The summed E-state index contributed by atoms with van der Waals surface area (Å²) in [7, 11) is 0. The Morgan fingerprint density at radius 1 is 0.750 bits per heavy atom. The third-order valence-corrected chi connectivity index (χ3v) is 5.37. The van der Waals surface area contributed by atoms with Crippen molar-refractivity contribution in [3.8, 4) is 23.0 Å². The number of carbonyl (C=O) groups is 3. The molecular formula is C31H30O9. The lowest BCUT2D eigenvalue weighted by Gasteiger charge is -2.12. The van der Waals surface area contributed by atoms with Gasteiger partial charge in [-0.2, -0.15) is 0 Å². The van der Waals surface area contributed by atoms with E-state index in [2.05, 4.69) is 13.2 Å². The van der Waals surface area contributed by atoms with E-state index in [1.54, 1.807) is 24.3 Å². The summed E-state index contributed by atoms with van der Waals surface area (Å²) >= 11 is 0. The predicted molar refractivity (Wildman–Crippen MR) is 148 cm³/mol. The Morgan fingerprint density at radius 2 is 1.40 bits per heavy atom. The molecule has 0 radical (unpaired) electrons.